The number of benzene rings is 1. The van der Waals surface area contributed by atoms with E-state index in [0.29, 0.717) is 17.7 Å². The quantitative estimate of drug-likeness (QED) is 0.226. The van der Waals surface area contributed by atoms with Gasteiger partial charge in [0.05, 0.1) is 30.0 Å². The summed E-state index contributed by atoms with van der Waals surface area (Å²) in [6.07, 6.45) is 3.40. The second kappa shape index (κ2) is 16.0. The summed E-state index contributed by atoms with van der Waals surface area (Å²) in [5.74, 6) is -2.20. The Kier molecular flexibility index (Phi) is 13.4. The Morgan fingerprint density at radius 1 is 1.08 bits per heavy atom. The molecule has 0 atom stereocenters. The molecular formula is C27H30F3N3NaO4S+. The molecule has 0 aliphatic rings. The van der Waals surface area contributed by atoms with Crippen LogP contribution >= 0.6 is 11.3 Å². The number of pyridine rings is 1. The van der Waals surface area contributed by atoms with Gasteiger partial charge >= 0.3 is 41.7 Å². The van der Waals surface area contributed by atoms with E-state index in [1.807, 2.05) is 0 Å². The molecule has 0 bridgehead atoms. The zero-order valence-corrected chi connectivity index (χ0v) is 24.9. The first kappa shape index (κ1) is 32.7. The maximum Gasteiger partial charge on any atom is 1.00 e. The molecule has 0 unspecified atom stereocenters. The molecule has 2 heterocycles. The van der Waals surface area contributed by atoms with Crippen LogP contribution in [0.4, 0.5) is 24.0 Å². The molecule has 12 heteroatoms. The van der Waals surface area contributed by atoms with Gasteiger partial charge in [-0.3, -0.25) is 19.5 Å². The number of carbonyl (C=O) groups excluding carboxylic acids is 1. The van der Waals surface area contributed by atoms with Crippen LogP contribution in [0.3, 0.4) is 0 Å². The molecule has 0 saturated heterocycles. The monoisotopic (exact) mass is 572 g/mol. The molecule has 1 aromatic carbocycles. The summed E-state index contributed by atoms with van der Waals surface area (Å²) in [5.41, 5.74) is 0.0687. The average Bonchev–Trinajstić information content (AvgIpc) is 3.37. The standard InChI is InChI=1S/C27H30F3N3O4S.Na/c1-2-3-4-5-6-7-15-37-23-11-10-20(16-21(23)27(28,29)30)33(24(34)12-13-25(35)36)26-32-22(18-38-26)19-9-8-14-31-17-19;/h8-11,14,16-18H,2-7,12-13,15H2,1H3,(H,35,36);/q;+1. The van der Waals surface area contributed by atoms with Gasteiger partial charge in [0, 0.05) is 29.8 Å². The SMILES string of the molecule is CCCCCCCCOc1ccc(N(C(=O)CCC(=O)O)c2nc(-c3cccnc3)cs2)cc1C(F)(F)F.[Na+]. The third-order valence-corrected chi connectivity index (χ3v) is 6.55. The Labute approximate surface area is 251 Å². The Hall–Kier alpha value is -2.47. The number of hydrogen-bond acceptors (Lipinski definition) is 6. The summed E-state index contributed by atoms with van der Waals surface area (Å²) in [7, 11) is 0. The van der Waals surface area contributed by atoms with Crippen LogP contribution in [-0.2, 0) is 15.8 Å². The number of unbranched alkanes of at least 4 members (excludes halogenated alkanes) is 5. The number of alkyl halides is 3. The van der Waals surface area contributed by atoms with Crippen molar-refractivity contribution in [2.45, 2.75) is 64.5 Å². The molecule has 2 aromatic heterocycles. The van der Waals surface area contributed by atoms with Crippen molar-refractivity contribution in [2.75, 3.05) is 11.5 Å². The molecule has 3 rings (SSSR count). The molecule has 0 spiro atoms. The second-order valence-electron chi connectivity index (χ2n) is 8.67. The van der Waals surface area contributed by atoms with Crippen molar-refractivity contribution in [3.63, 3.8) is 0 Å². The van der Waals surface area contributed by atoms with Gasteiger partial charge in [-0.2, -0.15) is 13.2 Å². The van der Waals surface area contributed by atoms with Crippen LogP contribution in [0.25, 0.3) is 11.3 Å². The first-order chi connectivity index (χ1) is 18.2. The van der Waals surface area contributed by atoms with E-state index in [4.69, 9.17) is 9.84 Å². The number of thiazole rings is 1. The van der Waals surface area contributed by atoms with Crippen molar-refractivity contribution in [3.8, 4) is 17.0 Å². The number of halogens is 3. The van der Waals surface area contributed by atoms with Gasteiger partial charge in [-0.25, -0.2) is 4.98 Å². The van der Waals surface area contributed by atoms with E-state index < -0.39 is 36.5 Å². The van der Waals surface area contributed by atoms with E-state index >= 15 is 0 Å². The van der Waals surface area contributed by atoms with Crippen LogP contribution < -0.4 is 39.2 Å². The summed E-state index contributed by atoms with van der Waals surface area (Å²) in [6, 6.07) is 6.88. The number of carboxylic acid groups (broad SMARTS) is 1. The number of anilines is 2. The maximum absolute atomic E-state index is 14.0. The minimum absolute atomic E-state index is 0. The Balaban J connectivity index is 0.00000533. The van der Waals surface area contributed by atoms with Crippen molar-refractivity contribution in [1.29, 1.82) is 0 Å². The number of nitrogens with zero attached hydrogens (tertiary/aromatic N) is 3. The minimum atomic E-state index is -4.73. The third-order valence-electron chi connectivity index (χ3n) is 5.72. The molecule has 204 valence electrons. The van der Waals surface area contributed by atoms with Gasteiger partial charge in [0.15, 0.2) is 5.13 Å². The fourth-order valence-electron chi connectivity index (χ4n) is 3.77. The van der Waals surface area contributed by atoms with Crippen LogP contribution in [0, 0.1) is 0 Å². The number of aliphatic carboxylic acids is 1. The molecule has 1 N–H and O–H groups in total. The first-order valence-corrected chi connectivity index (χ1v) is 13.3. The molecule has 7 nitrogen and oxygen atoms in total. The van der Waals surface area contributed by atoms with Gasteiger partial charge in [0.1, 0.15) is 5.75 Å². The number of hydrogen-bond donors (Lipinski definition) is 1. The number of aromatic nitrogens is 2. The van der Waals surface area contributed by atoms with Crippen LogP contribution in [0.2, 0.25) is 0 Å². The van der Waals surface area contributed by atoms with Gasteiger partial charge in [-0.1, -0.05) is 39.0 Å². The first-order valence-electron chi connectivity index (χ1n) is 12.5. The van der Waals surface area contributed by atoms with Crippen LogP contribution in [-0.4, -0.2) is 33.6 Å². The molecule has 0 fully saturated rings. The fraction of sp³-hybridized carbons (Fsp3) is 0.407. The summed E-state index contributed by atoms with van der Waals surface area (Å²) in [5, 5.41) is 10.8. The Morgan fingerprint density at radius 2 is 1.82 bits per heavy atom. The largest absolute Gasteiger partial charge is 1.00 e. The molecule has 0 aliphatic heterocycles. The van der Waals surface area contributed by atoms with Gasteiger partial charge < -0.3 is 9.84 Å². The molecule has 0 aliphatic carbocycles. The number of ether oxygens (including phenoxy) is 1. The molecular weight excluding hydrogens is 542 g/mol. The molecule has 0 radical (unpaired) electrons. The fourth-order valence-corrected chi connectivity index (χ4v) is 4.64. The predicted molar refractivity (Wildman–Crippen MR) is 140 cm³/mol. The third kappa shape index (κ3) is 9.90. The molecule has 39 heavy (non-hydrogen) atoms. The average molecular weight is 573 g/mol. The van der Waals surface area contributed by atoms with Crippen LogP contribution in [0.1, 0.15) is 63.9 Å². The van der Waals surface area contributed by atoms with E-state index in [1.165, 1.54) is 12.1 Å². The van der Waals surface area contributed by atoms with E-state index in [2.05, 4.69) is 16.9 Å². The van der Waals surface area contributed by atoms with Crippen LogP contribution in [0.15, 0.2) is 48.1 Å². The molecule has 1 amide bonds. The topological polar surface area (TPSA) is 92.6 Å². The summed E-state index contributed by atoms with van der Waals surface area (Å²) >= 11 is 1.06. The van der Waals surface area contributed by atoms with E-state index in [0.717, 1.165) is 54.4 Å². The zero-order valence-electron chi connectivity index (χ0n) is 22.0. The Morgan fingerprint density at radius 3 is 2.49 bits per heavy atom. The number of carbonyl (C=O) groups is 2. The summed E-state index contributed by atoms with van der Waals surface area (Å²) in [4.78, 5) is 33.6. The predicted octanol–water partition coefficient (Wildman–Crippen LogP) is 4.50. The normalized spacial score (nSPS) is 11.1. The smallest absolute Gasteiger partial charge is 0.493 e. The number of rotatable bonds is 14. The van der Waals surface area contributed by atoms with E-state index in [-0.39, 0.29) is 52.7 Å². The van der Waals surface area contributed by atoms with Gasteiger partial charge in [-0.15, -0.1) is 11.3 Å². The van der Waals surface area contributed by atoms with Crippen molar-refractivity contribution in [2.24, 2.45) is 0 Å². The van der Waals surface area contributed by atoms with Crippen molar-refractivity contribution >= 4 is 34.0 Å². The van der Waals surface area contributed by atoms with E-state index in [9.17, 15) is 22.8 Å². The van der Waals surface area contributed by atoms with Crippen molar-refractivity contribution < 1.29 is 62.2 Å². The second-order valence-corrected chi connectivity index (χ2v) is 9.51. The van der Waals surface area contributed by atoms with Crippen molar-refractivity contribution in [1.82, 2.24) is 9.97 Å². The summed E-state index contributed by atoms with van der Waals surface area (Å²) < 4.78 is 47.5. The van der Waals surface area contributed by atoms with Crippen molar-refractivity contribution in [3.05, 3.63) is 53.7 Å². The van der Waals surface area contributed by atoms with Gasteiger partial charge in [0.25, 0.3) is 0 Å². The number of amides is 1. The van der Waals surface area contributed by atoms with E-state index in [1.54, 1.807) is 29.9 Å². The summed E-state index contributed by atoms with van der Waals surface area (Å²) in [6.45, 7) is 2.26. The van der Waals surface area contributed by atoms with Gasteiger partial charge in [0.2, 0.25) is 5.91 Å². The zero-order chi connectivity index (χ0) is 27.5. The molecule has 0 saturated carbocycles. The minimum Gasteiger partial charge on any atom is -0.493 e. The maximum atomic E-state index is 14.0. The van der Waals surface area contributed by atoms with Gasteiger partial charge in [-0.05, 0) is 36.8 Å². The number of carboxylic acids is 1. The van der Waals surface area contributed by atoms with Crippen LogP contribution in [0.5, 0.6) is 5.75 Å². The molecule has 3 aromatic rings. The Bertz CT molecular complexity index is 1210.